The standard InChI is InChI=1S/C22H29N2O6P/c1-16(19-4-3-5-21(12-19)28-2)24-29-14-17-6-8-18(9-7-17)20-10-11-22(23,13-20)15-30-31(25,26)27/h3-9,12,20H,10-11,13-15,23H2,1-2H3,(H2,25,26,27)/t20-,22+/m0/s1. The molecule has 0 spiro atoms. The summed E-state index contributed by atoms with van der Waals surface area (Å²) < 4.78 is 20.8. The van der Waals surface area contributed by atoms with Crippen LogP contribution in [0, 0.1) is 0 Å². The van der Waals surface area contributed by atoms with E-state index in [1.165, 1.54) is 0 Å². The lowest BCUT2D eigenvalue weighted by Crippen LogP contribution is -2.41. The SMILES string of the molecule is COc1cccc(C(C)=NOCc2ccc([C@H]3CC[C@](N)(COP(=O)(O)O)C3)cc2)c1. The van der Waals surface area contributed by atoms with E-state index in [4.69, 9.17) is 25.1 Å². The monoisotopic (exact) mass is 448 g/mol. The molecule has 1 fully saturated rings. The predicted octanol–water partition coefficient (Wildman–Crippen LogP) is 3.71. The number of methoxy groups -OCH3 is 1. The van der Waals surface area contributed by atoms with Gasteiger partial charge in [0.05, 0.1) is 19.4 Å². The first-order valence-electron chi connectivity index (χ1n) is 10.1. The van der Waals surface area contributed by atoms with Crippen molar-refractivity contribution in [3.63, 3.8) is 0 Å². The highest BCUT2D eigenvalue weighted by Crippen LogP contribution is 2.43. The van der Waals surface area contributed by atoms with Gasteiger partial charge in [-0.25, -0.2) is 4.57 Å². The minimum atomic E-state index is -4.51. The van der Waals surface area contributed by atoms with Crippen molar-refractivity contribution in [1.82, 2.24) is 0 Å². The van der Waals surface area contributed by atoms with Crippen molar-refractivity contribution in [1.29, 1.82) is 0 Å². The van der Waals surface area contributed by atoms with Crippen LogP contribution in [-0.2, 0) is 20.5 Å². The lowest BCUT2D eigenvalue weighted by atomic mass is 9.93. The number of rotatable bonds is 9. The molecule has 31 heavy (non-hydrogen) atoms. The molecule has 1 saturated carbocycles. The first-order valence-corrected chi connectivity index (χ1v) is 11.6. The number of ether oxygens (including phenoxy) is 1. The minimum Gasteiger partial charge on any atom is -0.497 e. The first kappa shape index (κ1) is 23.4. The largest absolute Gasteiger partial charge is 0.497 e. The molecule has 1 aliphatic rings. The molecule has 2 atom stereocenters. The fourth-order valence-corrected chi connectivity index (χ4v) is 4.20. The van der Waals surface area contributed by atoms with Crippen molar-refractivity contribution >= 4 is 13.5 Å². The van der Waals surface area contributed by atoms with Gasteiger partial charge in [0.15, 0.2) is 0 Å². The van der Waals surface area contributed by atoms with Crippen molar-refractivity contribution in [3.8, 4) is 5.75 Å². The summed E-state index contributed by atoms with van der Waals surface area (Å²) in [5, 5.41) is 4.19. The fourth-order valence-electron chi connectivity index (χ4n) is 3.78. The zero-order valence-electron chi connectivity index (χ0n) is 17.7. The molecule has 4 N–H and O–H groups in total. The molecule has 0 heterocycles. The lowest BCUT2D eigenvalue weighted by Gasteiger charge is -2.24. The Morgan fingerprint density at radius 1 is 1.26 bits per heavy atom. The third-order valence-corrected chi connectivity index (χ3v) is 6.00. The molecule has 9 heteroatoms. The molecule has 0 aliphatic heterocycles. The van der Waals surface area contributed by atoms with Gasteiger partial charge in [-0.2, -0.15) is 0 Å². The lowest BCUT2D eigenvalue weighted by molar-refractivity contribution is 0.130. The number of nitrogens with two attached hydrogens (primary N) is 1. The topological polar surface area (TPSA) is 124 Å². The summed E-state index contributed by atoms with van der Waals surface area (Å²) in [4.78, 5) is 23.3. The van der Waals surface area contributed by atoms with Gasteiger partial charge in [0.1, 0.15) is 12.4 Å². The maximum absolute atomic E-state index is 10.9. The van der Waals surface area contributed by atoms with Crippen molar-refractivity contribution in [2.75, 3.05) is 13.7 Å². The van der Waals surface area contributed by atoms with Gasteiger partial charge in [0.2, 0.25) is 0 Å². The highest BCUT2D eigenvalue weighted by Gasteiger charge is 2.38. The van der Waals surface area contributed by atoms with Gasteiger partial charge in [0.25, 0.3) is 0 Å². The summed E-state index contributed by atoms with van der Waals surface area (Å²) in [6, 6.07) is 15.7. The Bertz CT molecular complexity index is 959. The van der Waals surface area contributed by atoms with Gasteiger partial charge < -0.3 is 25.1 Å². The Balaban J connectivity index is 1.53. The van der Waals surface area contributed by atoms with Gasteiger partial charge in [-0.15, -0.1) is 0 Å². The van der Waals surface area contributed by atoms with Crippen molar-refractivity contribution < 1.29 is 28.5 Å². The van der Waals surface area contributed by atoms with E-state index in [-0.39, 0.29) is 12.5 Å². The summed E-state index contributed by atoms with van der Waals surface area (Å²) >= 11 is 0. The van der Waals surface area contributed by atoms with Crippen LogP contribution < -0.4 is 10.5 Å². The molecule has 0 amide bonds. The number of phosphoric ester groups is 1. The van der Waals surface area contributed by atoms with Gasteiger partial charge in [-0.3, -0.25) is 4.52 Å². The number of nitrogens with zero attached hydrogens (tertiary/aromatic N) is 1. The molecule has 168 valence electrons. The Morgan fingerprint density at radius 2 is 2.00 bits per heavy atom. The van der Waals surface area contributed by atoms with Gasteiger partial charge in [-0.05, 0) is 55.4 Å². The molecule has 8 nitrogen and oxygen atoms in total. The molecule has 2 aromatic rings. The Labute approximate surface area is 182 Å². The second kappa shape index (κ2) is 9.94. The van der Waals surface area contributed by atoms with Gasteiger partial charge in [0, 0.05) is 11.1 Å². The van der Waals surface area contributed by atoms with Crippen molar-refractivity contribution in [2.45, 2.75) is 44.2 Å². The molecule has 0 bridgehead atoms. The number of phosphoric acid groups is 1. The molecule has 0 aromatic heterocycles. The predicted molar refractivity (Wildman–Crippen MR) is 118 cm³/mol. The number of hydrogen-bond acceptors (Lipinski definition) is 6. The molecule has 0 unspecified atom stereocenters. The van der Waals surface area contributed by atoms with Crippen LogP contribution in [0.15, 0.2) is 53.7 Å². The Kier molecular flexibility index (Phi) is 7.51. The number of oxime groups is 1. The summed E-state index contributed by atoms with van der Waals surface area (Å²) in [7, 11) is -2.89. The molecule has 0 radical (unpaired) electrons. The normalized spacial score (nSPS) is 21.8. The second-order valence-corrected chi connectivity index (χ2v) is 9.23. The molecule has 1 aliphatic carbocycles. The Morgan fingerprint density at radius 3 is 2.68 bits per heavy atom. The average Bonchev–Trinajstić information content (AvgIpc) is 3.15. The van der Waals surface area contributed by atoms with Crippen LogP contribution in [0.25, 0.3) is 0 Å². The zero-order valence-corrected chi connectivity index (χ0v) is 18.6. The average molecular weight is 448 g/mol. The van der Waals surface area contributed by atoms with E-state index in [9.17, 15) is 4.57 Å². The van der Waals surface area contributed by atoms with E-state index in [1.807, 2.05) is 55.5 Å². The van der Waals surface area contributed by atoms with E-state index in [0.717, 1.165) is 34.6 Å². The van der Waals surface area contributed by atoms with Crippen molar-refractivity contribution in [3.05, 3.63) is 65.2 Å². The zero-order chi connectivity index (χ0) is 22.5. The molecule has 3 rings (SSSR count). The second-order valence-electron chi connectivity index (χ2n) is 7.99. The van der Waals surface area contributed by atoms with E-state index < -0.39 is 13.4 Å². The highest BCUT2D eigenvalue weighted by atomic mass is 31.2. The van der Waals surface area contributed by atoms with Gasteiger partial charge in [-0.1, -0.05) is 41.6 Å². The van der Waals surface area contributed by atoms with Crippen LogP contribution in [-0.4, -0.2) is 34.8 Å². The molecular formula is C22H29N2O6P. The third kappa shape index (κ3) is 6.89. The van der Waals surface area contributed by atoms with Gasteiger partial charge >= 0.3 is 7.82 Å². The summed E-state index contributed by atoms with van der Waals surface area (Å²) in [6.45, 7) is 2.08. The first-order chi connectivity index (χ1) is 14.7. The summed E-state index contributed by atoms with van der Waals surface area (Å²) in [6.07, 6.45) is 2.12. The van der Waals surface area contributed by atoms with E-state index in [1.54, 1.807) is 7.11 Å². The maximum atomic E-state index is 10.9. The summed E-state index contributed by atoms with van der Waals surface area (Å²) in [5.74, 6) is 0.998. The van der Waals surface area contributed by atoms with Crippen LogP contribution in [0.4, 0.5) is 0 Å². The Hall–Kier alpha value is -2.22. The highest BCUT2D eigenvalue weighted by molar-refractivity contribution is 7.46. The van der Waals surface area contributed by atoms with Crippen LogP contribution in [0.2, 0.25) is 0 Å². The molecular weight excluding hydrogens is 419 g/mol. The van der Waals surface area contributed by atoms with E-state index in [0.29, 0.717) is 19.4 Å². The van der Waals surface area contributed by atoms with Crippen LogP contribution in [0.5, 0.6) is 5.75 Å². The smallest absolute Gasteiger partial charge is 0.469 e. The fraction of sp³-hybridized carbons (Fsp3) is 0.409. The van der Waals surface area contributed by atoms with Crippen molar-refractivity contribution in [2.24, 2.45) is 10.9 Å². The third-order valence-electron chi connectivity index (χ3n) is 5.54. The quantitative estimate of drug-likeness (QED) is 0.303. The minimum absolute atomic E-state index is 0.148. The van der Waals surface area contributed by atoms with E-state index >= 15 is 0 Å². The van der Waals surface area contributed by atoms with Crippen LogP contribution in [0.3, 0.4) is 0 Å². The number of hydrogen-bond donors (Lipinski definition) is 3. The molecule has 2 aromatic carbocycles. The summed E-state index contributed by atoms with van der Waals surface area (Å²) in [5.41, 5.74) is 9.38. The number of benzene rings is 2. The maximum Gasteiger partial charge on any atom is 0.469 e. The van der Waals surface area contributed by atoms with Crippen LogP contribution in [0.1, 0.15) is 48.8 Å². The van der Waals surface area contributed by atoms with Crippen LogP contribution >= 0.6 is 7.82 Å². The van der Waals surface area contributed by atoms with E-state index in [2.05, 4.69) is 9.68 Å². The molecule has 0 saturated heterocycles.